The molecule has 1 unspecified atom stereocenters. The zero-order valence-electron chi connectivity index (χ0n) is 12.5. The van der Waals surface area contributed by atoms with Gasteiger partial charge in [0.1, 0.15) is 0 Å². The van der Waals surface area contributed by atoms with E-state index in [0.29, 0.717) is 6.04 Å². The molecular formula is C16H27Cl2N3. The van der Waals surface area contributed by atoms with E-state index >= 15 is 0 Å². The number of nitrogens with zero attached hydrogens (tertiary/aromatic N) is 1. The fraction of sp³-hybridized carbons (Fsp3) is 0.625. The number of hydrogen-bond donors (Lipinski definition) is 2. The number of para-hydroxylation sites is 1. The molecule has 2 aliphatic rings. The summed E-state index contributed by atoms with van der Waals surface area (Å²) in [6.45, 7) is 5.96. The number of piperidine rings is 1. The Morgan fingerprint density at radius 1 is 1.05 bits per heavy atom. The van der Waals surface area contributed by atoms with Gasteiger partial charge in [0.05, 0.1) is 0 Å². The van der Waals surface area contributed by atoms with E-state index < -0.39 is 0 Å². The summed E-state index contributed by atoms with van der Waals surface area (Å²) in [5.74, 6) is 0.882. The summed E-state index contributed by atoms with van der Waals surface area (Å²) in [7, 11) is 0. The van der Waals surface area contributed by atoms with Gasteiger partial charge in [0.2, 0.25) is 0 Å². The SMILES string of the molecule is Cl.Cl.c1ccc(N2CCC(NCC3CCNCC3)C2)cc1. The molecule has 0 aliphatic carbocycles. The maximum Gasteiger partial charge on any atom is 0.0366 e. The number of hydrogen-bond acceptors (Lipinski definition) is 3. The normalized spacial score (nSPS) is 22.5. The largest absolute Gasteiger partial charge is 0.370 e. The minimum atomic E-state index is 0. The highest BCUT2D eigenvalue weighted by Crippen LogP contribution is 2.20. The van der Waals surface area contributed by atoms with Crippen molar-refractivity contribution < 1.29 is 0 Å². The van der Waals surface area contributed by atoms with Crippen LogP contribution >= 0.6 is 24.8 Å². The second-order valence-electron chi connectivity index (χ2n) is 5.87. The van der Waals surface area contributed by atoms with Crippen LogP contribution in [0.15, 0.2) is 30.3 Å². The Labute approximate surface area is 140 Å². The predicted octanol–water partition coefficient (Wildman–Crippen LogP) is 2.70. The van der Waals surface area contributed by atoms with Crippen LogP contribution < -0.4 is 15.5 Å². The Morgan fingerprint density at radius 2 is 1.76 bits per heavy atom. The second kappa shape index (κ2) is 9.52. The molecule has 0 saturated carbocycles. The number of nitrogens with one attached hydrogen (secondary N) is 2. The van der Waals surface area contributed by atoms with Crippen LogP contribution in [0.1, 0.15) is 19.3 Å². The molecule has 0 aromatic heterocycles. The number of anilines is 1. The lowest BCUT2D eigenvalue weighted by atomic mass is 9.98. The third-order valence-electron chi connectivity index (χ3n) is 4.46. The monoisotopic (exact) mass is 331 g/mol. The van der Waals surface area contributed by atoms with E-state index in [9.17, 15) is 0 Å². The van der Waals surface area contributed by atoms with E-state index in [-0.39, 0.29) is 24.8 Å². The van der Waals surface area contributed by atoms with E-state index in [0.717, 1.165) is 12.5 Å². The predicted molar refractivity (Wildman–Crippen MR) is 95.2 cm³/mol. The number of benzene rings is 1. The van der Waals surface area contributed by atoms with Gasteiger partial charge in [-0.1, -0.05) is 18.2 Å². The van der Waals surface area contributed by atoms with Gasteiger partial charge in [-0.15, -0.1) is 24.8 Å². The first-order chi connectivity index (χ1) is 9.42. The van der Waals surface area contributed by atoms with Crippen LogP contribution in [0.4, 0.5) is 5.69 Å². The molecule has 3 nitrogen and oxygen atoms in total. The fourth-order valence-corrected chi connectivity index (χ4v) is 3.22. The molecule has 2 aliphatic heterocycles. The van der Waals surface area contributed by atoms with Crippen molar-refractivity contribution in [1.82, 2.24) is 10.6 Å². The third-order valence-corrected chi connectivity index (χ3v) is 4.46. The Kier molecular flexibility index (Phi) is 8.42. The highest BCUT2D eigenvalue weighted by atomic mass is 35.5. The molecule has 2 saturated heterocycles. The zero-order chi connectivity index (χ0) is 12.9. The second-order valence-corrected chi connectivity index (χ2v) is 5.87. The van der Waals surface area contributed by atoms with Gasteiger partial charge < -0.3 is 15.5 Å². The van der Waals surface area contributed by atoms with Crippen molar-refractivity contribution in [2.24, 2.45) is 5.92 Å². The van der Waals surface area contributed by atoms with E-state index in [4.69, 9.17) is 0 Å². The van der Waals surface area contributed by atoms with Crippen molar-refractivity contribution in [3.05, 3.63) is 30.3 Å². The topological polar surface area (TPSA) is 27.3 Å². The van der Waals surface area contributed by atoms with E-state index in [2.05, 4.69) is 45.9 Å². The lowest BCUT2D eigenvalue weighted by molar-refractivity contribution is 0.343. The van der Waals surface area contributed by atoms with Crippen molar-refractivity contribution >= 4 is 30.5 Å². The van der Waals surface area contributed by atoms with E-state index in [1.807, 2.05) is 0 Å². The molecule has 2 fully saturated rings. The summed E-state index contributed by atoms with van der Waals surface area (Å²) in [5, 5.41) is 7.22. The van der Waals surface area contributed by atoms with Gasteiger partial charge in [0.25, 0.3) is 0 Å². The minimum Gasteiger partial charge on any atom is -0.370 e. The average molecular weight is 332 g/mol. The number of rotatable bonds is 4. The van der Waals surface area contributed by atoms with Crippen LogP contribution in [0.25, 0.3) is 0 Å². The van der Waals surface area contributed by atoms with Gasteiger partial charge in [0, 0.05) is 24.8 Å². The summed E-state index contributed by atoms with van der Waals surface area (Å²) < 4.78 is 0. The van der Waals surface area contributed by atoms with Crippen molar-refractivity contribution in [2.75, 3.05) is 37.6 Å². The molecule has 1 aromatic rings. The summed E-state index contributed by atoms with van der Waals surface area (Å²) in [6, 6.07) is 11.5. The molecule has 21 heavy (non-hydrogen) atoms. The summed E-state index contributed by atoms with van der Waals surface area (Å²) >= 11 is 0. The highest BCUT2D eigenvalue weighted by Gasteiger charge is 2.23. The molecule has 1 aromatic carbocycles. The Bertz CT molecular complexity index is 382. The Morgan fingerprint density at radius 3 is 2.48 bits per heavy atom. The van der Waals surface area contributed by atoms with Crippen molar-refractivity contribution in [1.29, 1.82) is 0 Å². The van der Waals surface area contributed by atoms with Crippen molar-refractivity contribution in [3.63, 3.8) is 0 Å². The molecule has 5 heteroatoms. The fourth-order valence-electron chi connectivity index (χ4n) is 3.22. The standard InChI is InChI=1S/C16H25N3.2ClH/c1-2-4-16(5-3-1)19-11-8-15(13-19)18-12-14-6-9-17-10-7-14;;/h1-5,14-15,17-18H,6-13H2;2*1H. The molecule has 0 radical (unpaired) electrons. The van der Waals surface area contributed by atoms with E-state index in [1.165, 1.54) is 51.1 Å². The van der Waals surface area contributed by atoms with Crippen LogP contribution in [0, 0.1) is 5.92 Å². The molecule has 0 amide bonds. The lowest BCUT2D eigenvalue weighted by Crippen LogP contribution is -2.39. The molecule has 1 atom stereocenters. The van der Waals surface area contributed by atoms with E-state index in [1.54, 1.807) is 0 Å². The summed E-state index contributed by atoms with van der Waals surface area (Å²) in [4.78, 5) is 2.50. The maximum absolute atomic E-state index is 3.78. The number of halogens is 2. The van der Waals surface area contributed by atoms with Crippen LogP contribution in [-0.2, 0) is 0 Å². The molecule has 120 valence electrons. The zero-order valence-corrected chi connectivity index (χ0v) is 14.1. The summed E-state index contributed by atoms with van der Waals surface area (Å²) in [6.07, 6.45) is 3.95. The smallest absolute Gasteiger partial charge is 0.0366 e. The molecule has 2 heterocycles. The van der Waals surface area contributed by atoms with Crippen LogP contribution in [0.3, 0.4) is 0 Å². The quantitative estimate of drug-likeness (QED) is 0.888. The van der Waals surface area contributed by atoms with Crippen LogP contribution in [0.5, 0.6) is 0 Å². The van der Waals surface area contributed by atoms with Gasteiger partial charge in [-0.05, 0) is 56.9 Å². The van der Waals surface area contributed by atoms with Crippen LogP contribution in [0.2, 0.25) is 0 Å². The minimum absolute atomic E-state index is 0. The van der Waals surface area contributed by atoms with Crippen molar-refractivity contribution in [3.8, 4) is 0 Å². The molecule has 2 N–H and O–H groups in total. The molecule has 0 bridgehead atoms. The molecule has 3 rings (SSSR count). The molecular weight excluding hydrogens is 305 g/mol. The van der Waals surface area contributed by atoms with Gasteiger partial charge in [-0.3, -0.25) is 0 Å². The first kappa shape index (κ1) is 18.6. The van der Waals surface area contributed by atoms with Gasteiger partial charge in [-0.25, -0.2) is 0 Å². The maximum atomic E-state index is 3.78. The van der Waals surface area contributed by atoms with Gasteiger partial charge >= 0.3 is 0 Å². The first-order valence-corrected chi connectivity index (χ1v) is 7.66. The lowest BCUT2D eigenvalue weighted by Gasteiger charge is -2.25. The van der Waals surface area contributed by atoms with Gasteiger partial charge in [-0.2, -0.15) is 0 Å². The Balaban J connectivity index is 0.00000110. The first-order valence-electron chi connectivity index (χ1n) is 7.66. The Hall–Kier alpha value is -0.480. The third kappa shape index (κ3) is 5.33. The van der Waals surface area contributed by atoms with Crippen molar-refractivity contribution in [2.45, 2.75) is 25.3 Å². The average Bonchev–Trinajstić information content (AvgIpc) is 2.96. The van der Waals surface area contributed by atoms with Gasteiger partial charge in [0.15, 0.2) is 0 Å². The van der Waals surface area contributed by atoms with Crippen LogP contribution in [-0.4, -0.2) is 38.8 Å². The summed E-state index contributed by atoms with van der Waals surface area (Å²) in [5.41, 5.74) is 1.37. The molecule has 0 spiro atoms. The highest BCUT2D eigenvalue weighted by molar-refractivity contribution is 5.85.